The SMILES string of the molecule is O=C(CN1CCC(c2ccccc2)CC1)N1CCCC(O)(CO)CC1. The molecule has 2 aliphatic heterocycles. The highest BCUT2D eigenvalue weighted by Crippen LogP contribution is 2.28. The van der Waals surface area contributed by atoms with Gasteiger partial charge in [-0.05, 0) is 56.7 Å². The molecule has 1 aromatic carbocycles. The summed E-state index contributed by atoms with van der Waals surface area (Å²) in [4.78, 5) is 16.7. The Morgan fingerprint density at radius 1 is 1.08 bits per heavy atom. The average Bonchev–Trinajstić information content (AvgIpc) is 2.85. The Labute approximate surface area is 150 Å². The molecule has 5 nitrogen and oxygen atoms in total. The number of aliphatic hydroxyl groups is 2. The minimum Gasteiger partial charge on any atom is -0.393 e. The lowest BCUT2D eigenvalue weighted by Gasteiger charge is -2.33. The first kappa shape index (κ1) is 18.4. The maximum atomic E-state index is 12.6. The van der Waals surface area contributed by atoms with Crippen LogP contribution in [0.4, 0.5) is 0 Å². The Hall–Kier alpha value is -1.43. The van der Waals surface area contributed by atoms with E-state index < -0.39 is 5.60 Å². The summed E-state index contributed by atoms with van der Waals surface area (Å²) < 4.78 is 0. The van der Waals surface area contributed by atoms with Gasteiger partial charge < -0.3 is 15.1 Å². The predicted molar refractivity (Wildman–Crippen MR) is 97.3 cm³/mol. The topological polar surface area (TPSA) is 64.0 Å². The first-order valence-corrected chi connectivity index (χ1v) is 9.48. The summed E-state index contributed by atoms with van der Waals surface area (Å²) in [6.45, 7) is 3.39. The molecule has 3 rings (SSSR count). The number of benzene rings is 1. The summed E-state index contributed by atoms with van der Waals surface area (Å²) in [5, 5.41) is 19.5. The van der Waals surface area contributed by atoms with Crippen LogP contribution in [0.25, 0.3) is 0 Å². The molecule has 0 saturated carbocycles. The molecule has 0 aliphatic carbocycles. The molecule has 2 heterocycles. The van der Waals surface area contributed by atoms with Crippen molar-refractivity contribution in [1.82, 2.24) is 9.80 Å². The fourth-order valence-corrected chi connectivity index (χ4v) is 4.03. The first-order chi connectivity index (χ1) is 12.1. The lowest BCUT2D eigenvalue weighted by atomic mass is 9.89. The van der Waals surface area contributed by atoms with E-state index in [2.05, 4.69) is 35.2 Å². The van der Waals surface area contributed by atoms with Crippen molar-refractivity contribution in [3.8, 4) is 0 Å². The maximum absolute atomic E-state index is 12.6. The van der Waals surface area contributed by atoms with Crippen molar-refractivity contribution in [3.63, 3.8) is 0 Å². The zero-order chi connectivity index (χ0) is 17.7. The van der Waals surface area contributed by atoms with E-state index in [-0.39, 0.29) is 12.5 Å². The summed E-state index contributed by atoms with van der Waals surface area (Å²) in [6, 6.07) is 10.6. The summed E-state index contributed by atoms with van der Waals surface area (Å²) in [5.74, 6) is 0.755. The van der Waals surface area contributed by atoms with E-state index >= 15 is 0 Å². The molecule has 5 heteroatoms. The molecule has 2 aliphatic rings. The quantitative estimate of drug-likeness (QED) is 0.869. The first-order valence-electron chi connectivity index (χ1n) is 9.48. The standard InChI is InChI=1S/C20H30N2O3/c23-16-20(25)9-4-11-22(14-10-20)19(24)15-21-12-7-18(8-13-21)17-5-2-1-3-6-17/h1-3,5-6,18,23,25H,4,7-16H2. The van der Waals surface area contributed by atoms with Crippen LogP contribution in [-0.2, 0) is 4.79 Å². The van der Waals surface area contributed by atoms with Crippen LogP contribution in [-0.4, -0.2) is 70.9 Å². The van der Waals surface area contributed by atoms with E-state index in [1.807, 2.05) is 4.90 Å². The number of hydrogen-bond acceptors (Lipinski definition) is 4. The van der Waals surface area contributed by atoms with Gasteiger partial charge >= 0.3 is 0 Å². The molecule has 0 aromatic heterocycles. The zero-order valence-corrected chi connectivity index (χ0v) is 14.9. The van der Waals surface area contributed by atoms with Gasteiger partial charge in [-0.3, -0.25) is 9.69 Å². The number of rotatable bonds is 4. The molecule has 1 unspecified atom stereocenters. The van der Waals surface area contributed by atoms with Crippen molar-refractivity contribution in [2.24, 2.45) is 0 Å². The van der Waals surface area contributed by atoms with Gasteiger partial charge in [-0.15, -0.1) is 0 Å². The molecule has 1 atom stereocenters. The second-order valence-corrected chi connectivity index (χ2v) is 7.58. The Bertz CT molecular complexity index is 557. The summed E-state index contributed by atoms with van der Waals surface area (Å²) in [6.07, 6.45) is 3.98. The lowest BCUT2D eigenvalue weighted by molar-refractivity contribution is -0.132. The number of hydrogen-bond donors (Lipinski definition) is 2. The van der Waals surface area contributed by atoms with E-state index in [0.29, 0.717) is 38.4 Å². The molecule has 138 valence electrons. The van der Waals surface area contributed by atoms with Crippen molar-refractivity contribution in [2.45, 2.75) is 43.6 Å². The fourth-order valence-electron chi connectivity index (χ4n) is 4.03. The van der Waals surface area contributed by atoms with Crippen molar-refractivity contribution >= 4 is 5.91 Å². The molecule has 0 radical (unpaired) electrons. The predicted octanol–water partition coefficient (Wildman–Crippen LogP) is 1.60. The van der Waals surface area contributed by atoms with Gasteiger partial charge in [0.05, 0.1) is 18.8 Å². The largest absolute Gasteiger partial charge is 0.393 e. The number of carbonyl (C=O) groups is 1. The third-order valence-corrected chi connectivity index (χ3v) is 5.78. The molecule has 25 heavy (non-hydrogen) atoms. The summed E-state index contributed by atoms with van der Waals surface area (Å²) in [5.41, 5.74) is 0.396. The molecular formula is C20H30N2O3. The molecule has 2 fully saturated rings. The minimum atomic E-state index is -1.01. The Kier molecular flexibility index (Phi) is 6.10. The lowest BCUT2D eigenvalue weighted by Crippen LogP contribution is -2.44. The molecule has 2 saturated heterocycles. The van der Waals surface area contributed by atoms with Crippen molar-refractivity contribution in [2.75, 3.05) is 39.3 Å². The Balaban J connectivity index is 1.46. The van der Waals surface area contributed by atoms with Crippen LogP contribution < -0.4 is 0 Å². The molecule has 2 N–H and O–H groups in total. The summed E-state index contributed by atoms with van der Waals surface area (Å²) in [7, 11) is 0. The van der Waals surface area contributed by atoms with Gasteiger partial charge in [0.1, 0.15) is 0 Å². The van der Waals surface area contributed by atoms with Gasteiger partial charge in [-0.2, -0.15) is 0 Å². The van der Waals surface area contributed by atoms with Crippen LogP contribution in [0.2, 0.25) is 0 Å². The fraction of sp³-hybridized carbons (Fsp3) is 0.650. The monoisotopic (exact) mass is 346 g/mol. The third-order valence-electron chi connectivity index (χ3n) is 5.78. The molecule has 0 bridgehead atoms. The normalized spacial score (nSPS) is 26.4. The van der Waals surface area contributed by atoms with Gasteiger partial charge in [-0.1, -0.05) is 30.3 Å². The van der Waals surface area contributed by atoms with Crippen LogP contribution in [0, 0.1) is 0 Å². The van der Waals surface area contributed by atoms with E-state index in [4.69, 9.17) is 0 Å². The van der Waals surface area contributed by atoms with Crippen molar-refractivity contribution < 1.29 is 15.0 Å². The van der Waals surface area contributed by atoms with Crippen LogP contribution in [0.1, 0.15) is 43.6 Å². The molecule has 1 aromatic rings. The number of amides is 1. The smallest absolute Gasteiger partial charge is 0.236 e. The summed E-state index contributed by atoms with van der Waals surface area (Å²) >= 11 is 0. The number of aliphatic hydroxyl groups excluding tert-OH is 1. The van der Waals surface area contributed by atoms with Gasteiger partial charge in [0.25, 0.3) is 0 Å². The van der Waals surface area contributed by atoms with Gasteiger partial charge in [0.15, 0.2) is 0 Å². The van der Waals surface area contributed by atoms with Crippen molar-refractivity contribution in [3.05, 3.63) is 35.9 Å². The van der Waals surface area contributed by atoms with E-state index in [0.717, 1.165) is 32.4 Å². The number of likely N-dealkylation sites (tertiary alicyclic amines) is 2. The number of piperidine rings is 1. The van der Waals surface area contributed by atoms with Crippen molar-refractivity contribution in [1.29, 1.82) is 0 Å². The van der Waals surface area contributed by atoms with Crippen LogP contribution in [0.3, 0.4) is 0 Å². The van der Waals surface area contributed by atoms with E-state index in [1.54, 1.807) is 0 Å². The second-order valence-electron chi connectivity index (χ2n) is 7.58. The van der Waals surface area contributed by atoms with E-state index in [1.165, 1.54) is 5.56 Å². The van der Waals surface area contributed by atoms with Crippen LogP contribution in [0.5, 0.6) is 0 Å². The Morgan fingerprint density at radius 2 is 1.80 bits per heavy atom. The molecular weight excluding hydrogens is 316 g/mol. The number of nitrogens with zero attached hydrogens (tertiary/aromatic N) is 2. The highest BCUT2D eigenvalue weighted by molar-refractivity contribution is 5.78. The molecule has 1 amide bonds. The minimum absolute atomic E-state index is 0.153. The van der Waals surface area contributed by atoms with Gasteiger partial charge in [0, 0.05) is 13.1 Å². The highest BCUT2D eigenvalue weighted by Gasteiger charge is 2.31. The number of carbonyl (C=O) groups excluding carboxylic acids is 1. The maximum Gasteiger partial charge on any atom is 0.236 e. The van der Waals surface area contributed by atoms with Crippen LogP contribution in [0.15, 0.2) is 30.3 Å². The Morgan fingerprint density at radius 3 is 2.48 bits per heavy atom. The second kappa shape index (κ2) is 8.30. The zero-order valence-electron chi connectivity index (χ0n) is 14.9. The third kappa shape index (κ3) is 4.81. The van der Waals surface area contributed by atoms with Crippen LogP contribution >= 0.6 is 0 Å². The van der Waals surface area contributed by atoms with Gasteiger partial charge in [-0.25, -0.2) is 0 Å². The molecule has 0 spiro atoms. The highest BCUT2D eigenvalue weighted by atomic mass is 16.3. The van der Waals surface area contributed by atoms with E-state index in [9.17, 15) is 15.0 Å². The average molecular weight is 346 g/mol. The van der Waals surface area contributed by atoms with Gasteiger partial charge in [0.2, 0.25) is 5.91 Å².